The second kappa shape index (κ2) is 10.0. The number of rotatable bonds is 7. The van der Waals surface area contributed by atoms with E-state index < -0.39 is 0 Å². The van der Waals surface area contributed by atoms with E-state index in [-0.39, 0.29) is 0 Å². The topological polar surface area (TPSA) is 46.5 Å². The van der Waals surface area contributed by atoms with Gasteiger partial charge in [0, 0.05) is 22.5 Å². The Morgan fingerprint density at radius 1 is 1.11 bits per heavy atom. The third-order valence-electron chi connectivity index (χ3n) is 3.71. The predicted octanol–water partition coefficient (Wildman–Crippen LogP) is 6.79. The summed E-state index contributed by atoms with van der Waals surface area (Å²) in [6.45, 7) is 0. The SMILES string of the molecule is COc1ccc(C=NNc2c(Cl)cc(Cl)cc2Cl)cc1CSc1ccccn1. The van der Waals surface area contributed by atoms with Crippen LogP contribution in [0.4, 0.5) is 5.69 Å². The summed E-state index contributed by atoms with van der Waals surface area (Å²) in [7, 11) is 1.66. The van der Waals surface area contributed by atoms with Crippen LogP contribution in [0.2, 0.25) is 15.1 Å². The molecule has 3 rings (SSSR count). The molecule has 1 aromatic heterocycles. The fourth-order valence-electron chi connectivity index (χ4n) is 2.40. The van der Waals surface area contributed by atoms with Crippen molar-refractivity contribution in [2.75, 3.05) is 12.5 Å². The molecule has 0 atom stereocenters. The lowest BCUT2D eigenvalue weighted by atomic mass is 10.1. The lowest BCUT2D eigenvalue weighted by molar-refractivity contribution is 0.411. The van der Waals surface area contributed by atoms with Gasteiger partial charge in [-0.25, -0.2) is 4.98 Å². The van der Waals surface area contributed by atoms with Crippen LogP contribution in [0.25, 0.3) is 0 Å². The van der Waals surface area contributed by atoms with Crippen molar-refractivity contribution in [3.8, 4) is 5.75 Å². The summed E-state index contributed by atoms with van der Waals surface area (Å²) < 4.78 is 5.46. The highest BCUT2D eigenvalue weighted by atomic mass is 35.5. The molecule has 0 radical (unpaired) electrons. The van der Waals surface area contributed by atoms with Gasteiger partial charge in [0.05, 0.1) is 34.1 Å². The summed E-state index contributed by atoms with van der Waals surface area (Å²) in [4.78, 5) is 4.33. The Morgan fingerprint density at radius 3 is 2.57 bits per heavy atom. The Balaban J connectivity index is 1.73. The first-order valence-corrected chi connectivity index (χ1v) is 10.3. The number of aromatic nitrogens is 1. The van der Waals surface area contributed by atoms with Crippen LogP contribution in [0.15, 0.2) is 64.9 Å². The number of nitrogens with one attached hydrogen (secondary N) is 1. The number of halogens is 3. The van der Waals surface area contributed by atoms with Crippen molar-refractivity contribution in [2.24, 2.45) is 5.10 Å². The molecule has 0 saturated heterocycles. The van der Waals surface area contributed by atoms with E-state index in [1.165, 1.54) is 0 Å². The van der Waals surface area contributed by atoms with Crippen LogP contribution in [0.1, 0.15) is 11.1 Å². The van der Waals surface area contributed by atoms with Crippen molar-refractivity contribution >= 4 is 58.5 Å². The maximum Gasteiger partial charge on any atom is 0.122 e. The molecule has 0 aliphatic carbocycles. The standard InChI is InChI=1S/C20H16Cl3N3OS/c1-27-18-6-5-13(8-14(18)12-28-19-4-2-3-7-24-19)11-25-26-20-16(22)9-15(21)10-17(20)23/h2-11,26H,12H2,1H3. The molecule has 0 bridgehead atoms. The number of benzene rings is 2. The summed E-state index contributed by atoms with van der Waals surface area (Å²) in [5.41, 5.74) is 5.32. The van der Waals surface area contributed by atoms with Gasteiger partial charge in [-0.3, -0.25) is 5.43 Å². The molecule has 1 N–H and O–H groups in total. The highest BCUT2D eigenvalue weighted by Gasteiger charge is 2.08. The summed E-state index contributed by atoms with van der Waals surface area (Å²) in [5, 5.41) is 6.45. The predicted molar refractivity (Wildman–Crippen MR) is 119 cm³/mol. The second-order valence-corrected chi connectivity index (χ2v) is 7.89. The minimum Gasteiger partial charge on any atom is -0.496 e. The molecule has 144 valence electrons. The van der Waals surface area contributed by atoms with E-state index in [1.54, 1.807) is 43.4 Å². The van der Waals surface area contributed by atoms with Gasteiger partial charge in [-0.1, -0.05) is 40.9 Å². The van der Waals surface area contributed by atoms with Gasteiger partial charge < -0.3 is 4.74 Å². The van der Waals surface area contributed by atoms with E-state index in [0.29, 0.717) is 20.8 Å². The molecule has 0 saturated carbocycles. The minimum absolute atomic E-state index is 0.400. The number of ether oxygens (including phenoxy) is 1. The molecular formula is C20H16Cl3N3OS. The van der Waals surface area contributed by atoms with Crippen LogP contribution < -0.4 is 10.2 Å². The average molecular weight is 453 g/mol. The molecular weight excluding hydrogens is 437 g/mol. The van der Waals surface area contributed by atoms with E-state index in [4.69, 9.17) is 39.5 Å². The first-order valence-electron chi connectivity index (χ1n) is 8.21. The first-order chi connectivity index (χ1) is 13.6. The zero-order chi connectivity index (χ0) is 19.9. The van der Waals surface area contributed by atoms with Crippen molar-refractivity contribution < 1.29 is 4.74 Å². The summed E-state index contributed by atoms with van der Waals surface area (Å²) in [5.74, 6) is 1.54. The van der Waals surface area contributed by atoms with Crippen LogP contribution in [0.3, 0.4) is 0 Å². The van der Waals surface area contributed by atoms with Gasteiger partial charge >= 0.3 is 0 Å². The van der Waals surface area contributed by atoms with Crippen molar-refractivity contribution in [3.05, 3.63) is 80.9 Å². The van der Waals surface area contributed by atoms with Gasteiger partial charge in [-0.05, 0) is 48.0 Å². The third kappa shape index (κ3) is 5.55. The number of hydrogen-bond acceptors (Lipinski definition) is 5. The number of thioether (sulfide) groups is 1. The average Bonchev–Trinajstić information content (AvgIpc) is 2.69. The zero-order valence-corrected chi connectivity index (χ0v) is 17.9. The van der Waals surface area contributed by atoms with Crippen LogP contribution in [-0.2, 0) is 5.75 Å². The molecule has 0 aliphatic heterocycles. The molecule has 4 nitrogen and oxygen atoms in total. The molecule has 8 heteroatoms. The van der Waals surface area contributed by atoms with E-state index >= 15 is 0 Å². The molecule has 3 aromatic rings. The monoisotopic (exact) mass is 451 g/mol. The Kier molecular flexibility index (Phi) is 7.45. The van der Waals surface area contributed by atoms with Gasteiger partial charge in [0.25, 0.3) is 0 Å². The minimum atomic E-state index is 0.400. The summed E-state index contributed by atoms with van der Waals surface area (Å²) in [6.07, 6.45) is 3.47. The van der Waals surface area contributed by atoms with E-state index in [9.17, 15) is 0 Å². The number of hydrazone groups is 1. The molecule has 0 unspecified atom stereocenters. The van der Waals surface area contributed by atoms with Gasteiger partial charge in [0.15, 0.2) is 0 Å². The molecule has 0 fully saturated rings. The first kappa shape index (κ1) is 20.8. The molecule has 28 heavy (non-hydrogen) atoms. The highest BCUT2D eigenvalue weighted by molar-refractivity contribution is 7.98. The quantitative estimate of drug-likeness (QED) is 0.243. The van der Waals surface area contributed by atoms with Crippen molar-refractivity contribution in [2.45, 2.75) is 10.8 Å². The Morgan fingerprint density at radius 2 is 1.89 bits per heavy atom. The lowest BCUT2D eigenvalue weighted by Crippen LogP contribution is -1.96. The van der Waals surface area contributed by atoms with E-state index in [2.05, 4.69) is 15.5 Å². The molecule has 1 heterocycles. The molecule has 0 aliphatic rings. The fraction of sp³-hybridized carbons (Fsp3) is 0.100. The second-order valence-electron chi connectivity index (χ2n) is 5.64. The molecule has 2 aromatic carbocycles. The number of hydrogen-bond donors (Lipinski definition) is 1. The van der Waals surface area contributed by atoms with Gasteiger partial charge in [-0.15, -0.1) is 11.8 Å². The lowest BCUT2D eigenvalue weighted by Gasteiger charge is -2.09. The third-order valence-corrected chi connectivity index (χ3v) is 5.52. The van der Waals surface area contributed by atoms with Crippen LogP contribution >= 0.6 is 46.6 Å². The summed E-state index contributed by atoms with van der Waals surface area (Å²) in [6, 6.07) is 14.9. The summed E-state index contributed by atoms with van der Waals surface area (Å²) >= 11 is 19.9. The smallest absolute Gasteiger partial charge is 0.122 e. The zero-order valence-electron chi connectivity index (χ0n) is 14.8. The Hall–Kier alpha value is -1.92. The van der Waals surface area contributed by atoms with Crippen LogP contribution in [0, 0.1) is 0 Å². The fourth-order valence-corrected chi connectivity index (χ4v) is 4.14. The maximum atomic E-state index is 6.15. The van der Waals surface area contributed by atoms with Gasteiger partial charge in [0.2, 0.25) is 0 Å². The largest absolute Gasteiger partial charge is 0.496 e. The maximum absolute atomic E-state index is 6.15. The van der Waals surface area contributed by atoms with Crippen molar-refractivity contribution in [1.29, 1.82) is 0 Å². The number of anilines is 1. The molecule has 0 spiro atoms. The molecule has 0 amide bonds. The van der Waals surface area contributed by atoms with Crippen LogP contribution in [-0.4, -0.2) is 18.3 Å². The number of nitrogens with zero attached hydrogens (tertiary/aromatic N) is 2. The Labute approximate surface area is 182 Å². The number of pyridine rings is 1. The van der Waals surface area contributed by atoms with E-state index in [1.807, 2.05) is 36.4 Å². The van der Waals surface area contributed by atoms with Gasteiger partial charge in [0.1, 0.15) is 5.75 Å². The van der Waals surface area contributed by atoms with Gasteiger partial charge in [-0.2, -0.15) is 5.10 Å². The normalized spacial score (nSPS) is 11.0. The van der Waals surface area contributed by atoms with Crippen LogP contribution in [0.5, 0.6) is 5.75 Å². The Bertz CT molecular complexity index is 961. The van der Waals surface area contributed by atoms with E-state index in [0.717, 1.165) is 27.7 Å². The number of methoxy groups -OCH3 is 1. The highest BCUT2D eigenvalue weighted by Crippen LogP contribution is 2.33. The van der Waals surface area contributed by atoms with Crippen molar-refractivity contribution in [1.82, 2.24) is 4.98 Å². The van der Waals surface area contributed by atoms with Crippen molar-refractivity contribution in [3.63, 3.8) is 0 Å².